The number of methoxy groups -OCH3 is 2. The largest absolute Gasteiger partial charge is 0.383 e. The van der Waals surface area contributed by atoms with Gasteiger partial charge in [0.2, 0.25) is 6.29 Å². The van der Waals surface area contributed by atoms with E-state index in [1.807, 2.05) is 0 Å². The van der Waals surface area contributed by atoms with Crippen molar-refractivity contribution in [2.45, 2.75) is 12.7 Å². The van der Waals surface area contributed by atoms with Gasteiger partial charge in [-0.05, 0) is 6.07 Å². The van der Waals surface area contributed by atoms with Gasteiger partial charge in [-0.3, -0.25) is 4.79 Å². The molecule has 0 atom stereocenters. The van der Waals surface area contributed by atoms with Crippen LogP contribution in [-0.2, 0) is 20.7 Å². The van der Waals surface area contributed by atoms with E-state index in [9.17, 15) is 4.79 Å². The minimum atomic E-state index is -0.843. The Labute approximate surface area is 88.2 Å². The average molecular weight is 210 g/mol. The molecule has 0 saturated heterocycles. The zero-order chi connectivity index (χ0) is 11.3. The maximum atomic E-state index is 11.6. The molecule has 82 valence electrons. The number of rotatable bonds is 5. The van der Waals surface area contributed by atoms with Crippen LogP contribution in [0.2, 0.25) is 0 Å². The van der Waals surface area contributed by atoms with E-state index in [0.29, 0.717) is 11.4 Å². The van der Waals surface area contributed by atoms with E-state index in [1.54, 1.807) is 18.3 Å². The van der Waals surface area contributed by atoms with Crippen LogP contribution in [0.5, 0.6) is 0 Å². The van der Waals surface area contributed by atoms with E-state index < -0.39 is 6.29 Å². The molecule has 1 heterocycles. The second-order valence-electron chi connectivity index (χ2n) is 2.99. The number of nitrogen functional groups attached to an aromatic ring is 1. The number of carbonyl (C=O) groups excluding carboxylic acids is 1. The Kier molecular flexibility index (Phi) is 4.20. The number of nitrogens with two attached hydrogens (primary N) is 1. The van der Waals surface area contributed by atoms with E-state index in [0.717, 1.165) is 0 Å². The minimum Gasteiger partial charge on any atom is -0.383 e. The third-order valence-electron chi connectivity index (χ3n) is 1.98. The zero-order valence-corrected chi connectivity index (χ0v) is 8.77. The minimum absolute atomic E-state index is 0.159. The second-order valence-corrected chi connectivity index (χ2v) is 2.99. The number of pyridine rings is 1. The quantitative estimate of drug-likeness (QED) is 0.712. The molecule has 5 nitrogen and oxygen atoms in total. The molecule has 0 fully saturated rings. The number of ether oxygens (including phenoxy) is 2. The lowest BCUT2D eigenvalue weighted by atomic mass is 10.1. The van der Waals surface area contributed by atoms with E-state index in [1.165, 1.54) is 14.2 Å². The number of aromatic nitrogens is 1. The first-order valence-electron chi connectivity index (χ1n) is 4.46. The van der Waals surface area contributed by atoms with Crippen LogP contribution in [-0.4, -0.2) is 31.3 Å². The lowest BCUT2D eigenvalue weighted by molar-refractivity contribution is -0.155. The number of carbonyl (C=O) groups is 1. The Morgan fingerprint density at radius 1 is 1.53 bits per heavy atom. The Morgan fingerprint density at radius 2 is 2.20 bits per heavy atom. The molecule has 0 saturated carbocycles. The van der Waals surface area contributed by atoms with Gasteiger partial charge in [-0.25, -0.2) is 4.98 Å². The summed E-state index contributed by atoms with van der Waals surface area (Å²) in [6, 6.07) is 3.48. The van der Waals surface area contributed by atoms with Crippen molar-refractivity contribution in [3.8, 4) is 0 Å². The summed E-state index contributed by atoms with van der Waals surface area (Å²) in [6.45, 7) is 0. The van der Waals surface area contributed by atoms with Crippen LogP contribution in [0, 0.1) is 0 Å². The fourth-order valence-electron chi connectivity index (χ4n) is 1.23. The Hall–Kier alpha value is -1.46. The predicted octanol–water partition coefficient (Wildman–Crippen LogP) is 0.394. The molecular weight excluding hydrogens is 196 g/mol. The molecule has 0 aliphatic carbocycles. The SMILES string of the molecule is COC(OC)C(=O)Cc1cccnc1N. The van der Waals surface area contributed by atoms with E-state index in [2.05, 4.69) is 4.98 Å². The summed E-state index contributed by atoms with van der Waals surface area (Å²) >= 11 is 0. The number of anilines is 1. The topological polar surface area (TPSA) is 74.4 Å². The van der Waals surface area contributed by atoms with Crippen molar-refractivity contribution in [1.29, 1.82) is 0 Å². The van der Waals surface area contributed by atoms with Crippen LogP contribution in [0.1, 0.15) is 5.56 Å². The molecule has 0 bridgehead atoms. The molecule has 1 rings (SSSR count). The van der Waals surface area contributed by atoms with Gasteiger partial charge in [-0.2, -0.15) is 0 Å². The molecule has 5 heteroatoms. The highest BCUT2D eigenvalue weighted by atomic mass is 16.7. The summed E-state index contributed by atoms with van der Waals surface area (Å²) in [6.07, 6.45) is 0.893. The summed E-state index contributed by atoms with van der Waals surface area (Å²) in [7, 11) is 2.83. The monoisotopic (exact) mass is 210 g/mol. The van der Waals surface area contributed by atoms with Crippen LogP contribution in [0.4, 0.5) is 5.82 Å². The highest BCUT2D eigenvalue weighted by Crippen LogP contribution is 2.10. The number of hydrogen-bond acceptors (Lipinski definition) is 5. The highest BCUT2D eigenvalue weighted by Gasteiger charge is 2.17. The summed E-state index contributed by atoms with van der Waals surface area (Å²) in [5, 5.41) is 0. The molecule has 0 aliphatic rings. The molecule has 0 aromatic carbocycles. The third kappa shape index (κ3) is 3.00. The molecule has 0 spiro atoms. The standard InChI is InChI=1S/C10H14N2O3/c1-14-10(15-2)8(13)6-7-4-3-5-12-9(7)11/h3-5,10H,6H2,1-2H3,(H2,11,12). The van der Waals surface area contributed by atoms with Crippen molar-refractivity contribution in [3.05, 3.63) is 23.9 Å². The Bertz CT molecular complexity index is 337. The highest BCUT2D eigenvalue weighted by molar-refractivity contribution is 5.84. The molecule has 15 heavy (non-hydrogen) atoms. The number of ketones is 1. The van der Waals surface area contributed by atoms with Gasteiger partial charge in [-0.15, -0.1) is 0 Å². The van der Waals surface area contributed by atoms with E-state index in [4.69, 9.17) is 15.2 Å². The smallest absolute Gasteiger partial charge is 0.217 e. The van der Waals surface area contributed by atoms with Crippen molar-refractivity contribution in [2.24, 2.45) is 0 Å². The summed E-state index contributed by atoms with van der Waals surface area (Å²) in [5.41, 5.74) is 6.29. The molecule has 0 unspecified atom stereocenters. The summed E-state index contributed by atoms with van der Waals surface area (Å²) in [5.74, 6) is 0.177. The number of nitrogens with zero attached hydrogens (tertiary/aromatic N) is 1. The van der Waals surface area contributed by atoms with Gasteiger partial charge >= 0.3 is 0 Å². The first-order valence-corrected chi connectivity index (χ1v) is 4.46. The van der Waals surface area contributed by atoms with Crippen LogP contribution in [0.25, 0.3) is 0 Å². The van der Waals surface area contributed by atoms with Crippen LogP contribution < -0.4 is 5.73 Å². The lowest BCUT2D eigenvalue weighted by Gasteiger charge is -2.12. The normalized spacial score (nSPS) is 10.6. The maximum absolute atomic E-state index is 11.6. The second kappa shape index (κ2) is 5.43. The summed E-state index contributed by atoms with van der Waals surface area (Å²) < 4.78 is 9.68. The molecule has 0 radical (unpaired) electrons. The number of hydrogen-bond donors (Lipinski definition) is 1. The summed E-state index contributed by atoms with van der Waals surface area (Å²) in [4.78, 5) is 15.5. The number of Topliss-reactive ketones (excluding diaryl/α,β-unsaturated/α-hetero) is 1. The first-order chi connectivity index (χ1) is 7.19. The van der Waals surface area contributed by atoms with E-state index in [-0.39, 0.29) is 12.2 Å². The van der Waals surface area contributed by atoms with Gasteiger partial charge in [0.05, 0.1) is 0 Å². The van der Waals surface area contributed by atoms with Gasteiger partial charge in [0.25, 0.3) is 0 Å². The first kappa shape index (κ1) is 11.6. The maximum Gasteiger partial charge on any atom is 0.217 e. The van der Waals surface area contributed by atoms with Gasteiger partial charge in [0.15, 0.2) is 5.78 Å². The van der Waals surface area contributed by atoms with Crippen LogP contribution in [0.3, 0.4) is 0 Å². The van der Waals surface area contributed by atoms with Gasteiger partial charge in [-0.1, -0.05) is 6.07 Å². The third-order valence-corrected chi connectivity index (χ3v) is 1.98. The fraction of sp³-hybridized carbons (Fsp3) is 0.400. The molecule has 2 N–H and O–H groups in total. The molecule has 1 aromatic heterocycles. The predicted molar refractivity (Wildman–Crippen MR) is 55.2 cm³/mol. The van der Waals surface area contributed by atoms with Gasteiger partial charge < -0.3 is 15.2 Å². The molecule has 1 aromatic rings. The van der Waals surface area contributed by atoms with Crippen molar-refractivity contribution in [1.82, 2.24) is 4.98 Å². The Balaban J connectivity index is 2.70. The molecule has 0 aliphatic heterocycles. The van der Waals surface area contributed by atoms with Crippen molar-refractivity contribution in [3.63, 3.8) is 0 Å². The Morgan fingerprint density at radius 3 is 2.73 bits per heavy atom. The van der Waals surface area contributed by atoms with Crippen LogP contribution >= 0.6 is 0 Å². The van der Waals surface area contributed by atoms with Crippen molar-refractivity contribution >= 4 is 11.6 Å². The van der Waals surface area contributed by atoms with Crippen LogP contribution in [0.15, 0.2) is 18.3 Å². The molecule has 0 amide bonds. The van der Waals surface area contributed by atoms with E-state index >= 15 is 0 Å². The average Bonchev–Trinajstić information content (AvgIpc) is 2.23. The lowest BCUT2D eigenvalue weighted by Crippen LogP contribution is -2.26. The fourth-order valence-corrected chi connectivity index (χ4v) is 1.23. The van der Waals surface area contributed by atoms with Gasteiger partial charge in [0, 0.05) is 32.4 Å². The van der Waals surface area contributed by atoms with Crippen molar-refractivity contribution < 1.29 is 14.3 Å². The molecular formula is C10H14N2O3. The van der Waals surface area contributed by atoms with Gasteiger partial charge in [0.1, 0.15) is 5.82 Å². The zero-order valence-electron chi connectivity index (χ0n) is 8.77. The van der Waals surface area contributed by atoms with Crippen molar-refractivity contribution in [2.75, 3.05) is 20.0 Å².